The van der Waals surface area contributed by atoms with Gasteiger partial charge in [0.25, 0.3) is 0 Å². The van der Waals surface area contributed by atoms with Gasteiger partial charge in [-0.3, -0.25) is 4.79 Å². The average molecular weight is 395 g/mol. The standard InChI is InChI=1S/C20H20N4O3S/c1-13-5-3-4-6-16(13)18-22-23-20(24(18)2)28-12-17(25)21-11-14-7-9-15(10-8-14)19(26)27/h3-10H,11-12H2,1-2H3,(H,21,25)(H,26,27)/p-1. The van der Waals surface area contributed by atoms with Gasteiger partial charge in [-0.2, -0.15) is 0 Å². The third kappa shape index (κ3) is 4.58. The highest BCUT2D eigenvalue weighted by Crippen LogP contribution is 2.24. The average Bonchev–Trinajstić information content (AvgIpc) is 3.05. The summed E-state index contributed by atoms with van der Waals surface area (Å²) in [5.41, 5.74) is 3.03. The van der Waals surface area contributed by atoms with E-state index in [-0.39, 0.29) is 17.2 Å². The maximum Gasteiger partial charge on any atom is 0.230 e. The molecule has 1 N–H and O–H groups in total. The highest BCUT2D eigenvalue weighted by atomic mass is 32.2. The molecule has 0 fully saturated rings. The summed E-state index contributed by atoms with van der Waals surface area (Å²) in [6.07, 6.45) is 0. The van der Waals surface area contributed by atoms with Crippen molar-refractivity contribution in [2.24, 2.45) is 7.05 Å². The maximum absolute atomic E-state index is 12.1. The van der Waals surface area contributed by atoms with Gasteiger partial charge in [0.2, 0.25) is 5.91 Å². The second-order valence-electron chi connectivity index (χ2n) is 6.23. The van der Waals surface area contributed by atoms with E-state index in [1.54, 1.807) is 12.1 Å². The van der Waals surface area contributed by atoms with Crippen LogP contribution in [0.2, 0.25) is 0 Å². The van der Waals surface area contributed by atoms with Crippen LogP contribution in [0, 0.1) is 6.92 Å². The fourth-order valence-corrected chi connectivity index (χ4v) is 3.38. The van der Waals surface area contributed by atoms with Crippen molar-refractivity contribution in [3.8, 4) is 11.4 Å². The molecule has 0 unspecified atom stereocenters. The largest absolute Gasteiger partial charge is 0.545 e. The van der Waals surface area contributed by atoms with E-state index in [4.69, 9.17) is 0 Å². The van der Waals surface area contributed by atoms with Crippen LogP contribution < -0.4 is 10.4 Å². The number of nitrogens with one attached hydrogen (secondary N) is 1. The van der Waals surface area contributed by atoms with E-state index >= 15 is 0 Å². The molecular formula is C20H19N4O3S-. The minimum atomic E-state index is -1.22. The molecule has 0 spiro atoms. The van der Waals surface area contributed by atoms with E-state index in [9.17, 15) is 14.7 Å². The number of hydrogen-bond donors (Lipinski definition) is 1. The first-order chi connectivity index (χ1) is 13.5. The first kappa shape index (κ1) is 19.6. The van der Waals surface area contributed by atoms with E-state index in [1.165, 1.54) is 23.9 Å². The Morgan fingerprint density at radius 2 is 1.82 bits per heavy atom. The Morgan fingerprint density at radius 1 is 1.11 bits per heavy atom. The maximum atomic E-state index is 12.1. The van der Waals surface area contributed by atoms with Crippen LogP contribution in [0.25, 0.3) is 11.4 Å². The van der Waals surface area contributed by atoms with Crippen molar-refractivity contribution in [3.05, 3.63) is 65.2 Å². The molecule has 0 aliphatic carbocycles. The fourth-order valence-electron chi connectivity index (χ4n) is 2.64. The molecule has 144 valence electrons. The number of carboxylic acids is 1. The van der Waals surface area contributed by atoms with Gasteiger partial charge >= 0.3 is 0 Å². The molecule has 1 heterocycles. The molecule has 3 aromatic rings. The zero-order valence-corrected chi connectivity index (χ0v) is 16.3. The summed E-state index contributed by atoms with van der Waals surface area (Å²) in [6, 6.07) is 14.1. The van der Waals surface area contributed by atoms with E-state index < -0.39 is 5.97 Å². The van der Waals surface area contributed by atoms with Crippen LogP contribution in [0.5, 0.6) is 0 Å². The Morgan fingerprint density at radius 3 is 2.50 bits per heavy atom. The summed E-state index contributed by atoms with van der Waals surface area (Å²) in [6.45, 7) is 2.34. The topological polar surface area (TPSA) is 99.9 Å². The van der Waals surface area contributed by atoms with Crippen molar-refractivity contribution >= 4 is 23.6 Å². The van der Waals surface area contributed by atoms with E-state index in [0.717, 1.165) is 22.5 Å². The lowest BCUT2D eigenvalue weighted by Gasteiger charge is -2.08. The third-order valence-electron chi connectivity index (χ3n) is 4.23. The molecule has 1 aromatic heterocycles. The number of carbonyl (C=O) groups excluding carboxylic acids is 2. The van der Waals surface area contributed by atoms with Crippen LogP contribution in [0.1, 0.15) is 21.5 Å². The Bertz CT molecular complexity index is 999. The highest BCUT2D eigenvalue weighted by molar-refractivity contribution is 7.99. The first-order valence-electron chi connectivity index (χ1n) is 8.61. The van der Waals surface area contributed by atoms with Crippen molar-refractivity contribution in [1.82, 2.24) is 20.1 Å². The Hall–Kier alpha value is -3.13. The van der Waals surface area contributed by atoms with Crippen molar-refractivity contribution in [3.63, 3.8) is 0 Å². The quantitative estimate of drug-likeness (QED) is 0.610. The van der Waals surface area contributed by atoms with Crippen molar-refractivity contribution < 1.29 is 14.7 Å². The summed E-state index contributed by atoms with van der Waals surface area (Å²) >= 11 is 1.31. The van der Waals surface area contributed by atoms with E-state index in [1.807, 2.05) is 42.8 Å². The lowest BCUT2D eigenvalue weighted by Crippen LogP contribution is -2.25. The molecule has 3 rings (SSSR count). The lowest BCUT2D eigenvalue weighted by atomic mass is 10.1. The molecule has 0 saturated carbocycles. The van der Waals surface area contributed by atoms with Gasteiger partial charge in [-0.25, -0.2) is 0 Å². The summed E-state index contributed by atoms with van der Waals surface area (Å²) in [7, 11) is 1.88. The summed E-state index contributed by atoms with van der Waals surface area (Å²) in [5, 5.41) is 22.6. The Kier molecular flexibility index (Phi) is 6.10. The monoisotopic (exact) mass is 395 g/mol. The number of carboxylic acid groups (broad SMARTS) is 1. The number of nitrogens with zero attached hydrogens (tertiary/aromatic N) is 3. The number of aryl methyl sites for hydroxylation is 1. The molecule has 1 amide bonds. The number of thioether (sulfide) groups is 1. The minimum Gasteiger partial charge on any atom is -0.545 e. The van der Waals surface area contributed by atoms with Crippen molar-refractivity contribution in [1.29, 1.82) is 0 Å². The zero-order valence-electron chi connectivity index (χ0n) is 15.5. The molecule has 0 bridgehead atoms. The SMILES string of the molecule is Cc1ccccc1-c1nnc(SCC(=O)NCc2ccc(C(=O)[O-])cc2)n1C. The number of benzene rings is 2. The van der Waals surface area contributed by atoms with Gasteiger partial charge in [0.05, 0.1) is 11.7 Å². The molecule has 2 aromatic carbocycles. The van der Waals surface area contributed by atoms with Gasteiger partial charge < -0.3 is 19.8 Å². The van der Waals surface area contributed by atoms with Crippen LogP contribution in [0.3, 0.4) is 0 Å². The van der Waals surface area contributed by atoms with Gasteiger partial charge in [0.1, 0.15) is 0 Å². The predicted molar refractivity (Wildman–Crippen MR) is 105 cm³/mol. The van der Waals surface area contributed by atoms with Crippen LogP contribution >= 0.6 is 11.8 Å². The molecular weight excluding hydrogens is 376 g/mol. The van der Waals surface area contributed by atoms with E-state index in [2.05, 4.69) is 15.5 Å². The predicted octanol–water partition coefficient (Wildman–Crippen LogP) is 1.56. The van der Waals surface area contributed by atoms with Crippen LogP contribution in [0.15, 0.2) is 53.7 Å². The molecule has 28 heavy (non-hydrogen) atoms. The van der Waals surface area contributed by atoms with Crippen LogP contribution in [0.4, 0.5) is 0 Å². The number of amides is 1. The van der Waals surface area contributed by atoms with Gasteiger partial charge in [0.15, 0.2) is 11.0 Å². The van der Waals surface area contributed by atoms with Crippen molar-refractivity contribution in [2.75, 3.05) is 5.75 Å². The minimum absolute atomic E-state index is 0.109. The molecule has 0 radical (unpaired) electrons. The molecule has 0 aliphatic rings. The molecule has 0 aliphatic heterocycles. The molecule has 8 heteroatoms. The van der Waals surface area contributed by atoms with Crippen LogP contribution in [-0.2, 0) is 18.4 Å². The Labute approximate surface area is 166 Å². The number of carbonyl (C=O) groups is 2. The van der Waals surface area contributed by atoms with Gasteiger partial charge in [0, 0.05) is 19.2 Å². The number of aromatic carboxylic acids is 1. The number of hydrogen-bond acceptors (Lipinski definition) is 6. The zero-order chi connectivity index (χ0) is 20.1. The lowest BCUT2D eigenvalue weighted by molar-refractivity contribution is -0.255. The third-order valence-corrected chi connectivity index (χ3v) is 5.25. The number of aromatic nitrogens is 3. The van der Waals surface area contributed by atoms with Crippen LogP contribution in [-0.4, -0.2) is 32.4 Å². The Balaban J connectivity index is 1.55. The molecule has 0 atom stereocenters. The molecule has 0 saturated heterocycles. The summed E-state index contributed by atoms with van der Waals surface area (Å²) in [4.78, 5) is 22.9. The van der Waals surface area contributed by atoms with Gasteiger partial charge in [-0.1, -0.05) is 60.3 Å². The smallest absolute Gasteiger partial charge is 0.230 e. The van der Waals surface area contributed by atoms with Gasteiger partial charge in [-0.15, -0.1) is 10.2 Å². The van der Waals surface area contributed by atoms with Crippen molar-refractivity contribution in [2.45, 2.75) is 18.6 Å². The normalized spacial score (nSPS) is 10.6. The second kappa shape index (κ2) is 8.71. The summed E-state index contributed by atoms with van der Waals surface area (Å²) in [5.74, 6) is -0.402. The second-order valence-corrected chi connectivity index (χ2v) is 7.17. The van der Waals surface area contributed by atoms with E-state index in [0.29, 0.717) is 11.7 Å². The van der Waals surface area contributed by atoms with Gasteiger partial charge in [-0.05, 0) is 23.6 Å². The fraction of sp³-hybridized carbons (Fsp3) is 0.200. The molecule has 7 nitrogen and oxygen atoms in total. The first-order valence-corrected chi connectivity index (χ1v) is 9.59. The summed E-state index contributed by atoms with van der Waals surface area (Å²) < 4.78 is 1.87. The highest BCUT2D eigenvalue weighted by Gasteiger charge is 2.14. The number of rotatable bonds is 7.